The molecule has 0 unspecified atom stereocenters. The number of carbonyl (C=O) groups excluding carboxylic acids is 3. The van der Waals surface area contributed by atoms with E-state index in [1.807, 2.05) is 0 Å². The Kier molecular flexibility index (Phi) is 5.49. The Morgan fingerprint density at radius 1 is 1.09 bits per heavy atom. The first-order chi connectivity index (χ1) is 31.1. The van der Waals surface area contributed by atoms with E-state index in [1.165, 1.54) is 29.6 Å². The molecule has 46 heavy (non-hydrogen) atoms. The second kappa shape index (κ2) is 16.8. The van der Waals surface area contributed by atoms with Crippen LogP contribution >= 0.6 is 0 Å². The maximum Gasteiger partial charge on any atom is 0.318 e. The number of aliphatic hydroxyl groups excluding tert-OH is 1. The van der Waals surface area contributed by atoms with Crippen molar-refractivity contribution in [1.29, 1.82) is 0 Å². The predicted octanol–water partition coefficient (Wildman–Crippen LogP) is 4.33. The second-order valence-electron chi connectivity index (χ2n) is 10.0. The lowest BCUT2D eigenvalue weighted by atomic mass is 9.92. The van der Waals surface area contributed by atoms with E-state index in [0.29, 0.717) is 16.7 Å². The van der Waals surface area contributed by atoms with E-state index in [-0.39, 0.29) is 5.75 Å². The van der Waals surface area contributed by atoms with Crippen LogP contribution in [0, 0.1) is 19.7 Å². The van der Waals surface area contributed by atoms with Crippen LogP contribution in [-0.2, 0) is 22.4 Å². The molecule has 3 aromatic rings. The number of urea groups is 1. The minimum atomic E-state index is -4.89. The molecule has 3 aromatic carbocycles. The Morgan fingerprint density at radius 3 is 2.50 bits per heavy atom. The van der Waals surface area contributed by atoms with E-state index in [0.717, 1.165) is 0 Å². The molecule has 9 heteroatoms. The molecule has 1 aliphatic heterocycles. The Balaban J connectivity index is 2.02. The normalized spacial score (nSPS) is 28.5. The van der Waals surface area contributed by atoms with E-state index >= 15 is 4.79 Å². The molecule has 4 atom stereocenters. The number of nitrogens with one attached hydrogen (secondary N) is 3. The minimum Gasteiger partial charge on any atom is -0.483 e. The molecule has 4 N–H and O–H groups in total. The summed E-state index contributed by atoms with van der Waals surface area (Å²) >= 11 is 0. The number of aryl methyl sites for hydroxylation is 2. The summed E-state index contributed by atoms with van der Waals surface area (Å²) in [5.74, 6) is -9.02. The quantitative estimate of drug-likeness (QED) is 0.195. The standard InChI is InChI=1S/C37H48N4O5/c1-25(2)34(41-20-12-19-38-37(41)45)36(44)39-30(21-28-15-7-5-8-16-28)23-32(42)31(22-29-17-9-6-10-18-29)40-33(43)24-46-35-26(3)13-11-14-27(35)4/h5-11,13-18,25,30-32,34,42H,12,19-24H2,1-4H3,(H,38,45)(H,39,44)(H,40,43)/t30-,31-,32-,34-/m0/s1/i1D3,2D3,5D,7D,8D,12D2,15D,16D,19D2,20D2,21D2,24D2,25D,34D. The zero-order valence-electron chi connectivity index (χ0n) is 47.8. The van der Waals surface area contributed by atoms with Crippen LogP contribution in [0.2, 0.25) is 0 Å². The van der Waals surface area contributed by atoms with Gasteiger partial charge in [-0.05, 0) is 67.6 Å². The summed E-state index contributed by atoms with van der Waals surface area (Å²) < 4.78 is 200. The zero-order chi connectivity index (χ0) is 53.2. The van der Waals surface area contributed by atoms with Gasteiger partial charge in [0.05, 0.1) is 23.1 Å². The molecule has 0 spiro atoms. The van der Waals surface area contributed by atoms with Crippen LogP contribution in [0.3, 0.4) is 0 Å². The number of benzene rings is 3. The van der Waals surface area contributed by atoms with Crippen molar-refractivity contribution in [3.8, 4) is 5.75 Å². The minimum absolute atomic E-state index is 0.0400. The SMILES string of the molecule is [2H]c1c([2H])c([2H])c(C([2H])([2H])[C@@H](C[C@H](O)[C@H](Cc2ccccc2)NC(=O)C([2H])([2H])Oc2c(C)cccc2C)NC(=O)[C@@]([2H])(N2C(=O)NC([2H])([2H])C([2H])([2H])C2([2H])[2H])C([2H])(C([2H])([2H])[2H])C([2H])([2H])[2H])c([2H])c1[2H]. The monoisotopic (exact) mass is 652 g/mol. The molecular weight excluding hydrogens is 580 g/mol. The van der Waals surface area contributed by atoms with E-state index in [9.17, 15) is 18.8 Å². The Morgan fingerprint density at radius 2 is 1.80 bits per heavy atom. The van der Waals surface area contributed by atoms with Gasteiger partial charge in [-0.3, -0.25) is 9.59 Å². The number of rotatable bonds is 15. The Bertz CT molecular complexity index is 2390. The molecule has 0 bridgehead atoms. The van der Waals surface area contributed by atoms with Gasteiger partial charge in [0, 0.05) is 39.6 Å². The first-order valence-electron chi connectivity index (χ1n) is 25.4. The van der Waals surface area contributed by atoms with Crippen molar-refractivity contribution in [3.05, 3.63) is 101 Å². The maximum atomic E-state index is 15.0. The number of nitrogens with zero attached hydrogens (tertiary/aromatic N) is 1. The molecule has 0 saturated carbocycles. The maximum absolute atomic E-state index is 15.0. The predicted molar refractivity (Wildman–Crippen MR) is 180 cm³/mol. The molecule has 246 valence electrons. The fraction of sp³-hybridized carbons (Fsp3) is 0.432. The number of ether oxygens (including phenoxy) is 1. The molecular formula is C37H48N4O5. The number of hydrogen-bond acceptors (Lipinski definition) is 5. The van der Waals surface area contributed by atoms with Crippen LogP contribution in [-0.4, -0.2) is 71.6 Å². The van der Waals surface area contributed by atoms with Crippen LogP contribution < -0.4 is 20.7 Å². The van der Waals surface area contributed by atoms with Gasteiger partial charge in [-0.2, -0.15) is 0 Å². The van der Waals surface area contributed by atoms with Crippen molar-refractivity contribution in [2.45, 2.75) is 77.3 Å². The third-order valence-electron chi connectivity index (χ3n) is 6.61. The van der Waals surface area contributed by atoms with Crippen molar-refractivity contribution >= 4 is 17.8 Å². The summed E-state index contributed by atoms with van der Waals surface area (Å²) in [7, 11) is 0. The smallest absolute Gasteiger partial charge is 0.318 e. The first-order valence-corrected chi connectivity index (χ1v) is 13.9. The van der Waals surface area contributed by atoms with Crippen LogP contribution in [0.1, 0.15) is 80.3 Å². The van der Waals surface area contributed by atoms with Gasteiger partial charge >= 0.3 is 6.03 Å². The summed E-state index contributed by atoms with van der Waals surface area (Å²) in [5.41, 5.74) is -0.183. The van der Waals surface area contributed by atoms with Gasteiger partial charge in [-0.15, -0.1) is 0 Å². The topological polar surface area (TPSA) is 120 Å². The fourth-order valence-corrected chi connectivity index (χ4v) is 4.45. The van der Waals surface area contributed by atoms with E-state index in [1.54, 1.807) is 43.4 Å². The highest BCUT2D eigenvalue weighted by atomic mass is 16.5. The molecule has 1 aliphatic rings. The lowest BCUT2D eigenvalue weighted by Gasteiger charge is -2.37. The second-order valence-corrected chi connectivity index (χ2v) is 10.0. The summed E-state index contributed by atoms with van der Waals surface area (Å²) in [6.07, 6.45) is -12.1. The highest BCUT2D eigenvalue weighted by Gasteiger charge is 2.35. The van der Waals surface area contributed by atoms with E-state index in [2.05, 4.69) is 5.32 Å². The highest BCUT2D eigenvalue weighted by molar-refractivity contribution is 5.87. The Labute approximate surface area is 305 Å². The van der Waals surface area contributed by atoms with Gasteiger partial charge in [-0.1, -0.05) is 92.4 Å². The summed E-state index contributed by atoms with van der Waals surface area (Å²) in [5, 5.41) is 17.3. The molecule has 0 radical (unpaired) electrons. The van der Waals surface area contributed by atoms with Crippen LogP contribution in [0.15, 0.2) is 78.7 Å². The highest BCUT2D eigenvalue weighted by Crippen LogP contribution is 2.22. The molecule has 9 nitrogen and oxygen atoms in total. The van der Waals surface area contributed by atoms with E-state index in [4.69, 9.17) is 32.2 Å². The van der Waals surface area contributed by atoms with Gasteiger partial charge in [0.2, 0.25) is 5.91 Å². The molecule has 1 heterocycles. The average Bonchev–Trinajstić information content (AvgIpc) is 3.21. The van der Waals surface area contributed by atoms with Crippen LogP contribution in [0.25, 0.3) is 0 Å². The lowest BCUT2D eigenvalue weighted by Crippen LogP contribution is -2.59. The van der Waals surface area contributed by atoms with Crippen molar-refractivity contribution in [3.63, 3.8) is 0 Å². The zero-order valence-corrected chi connectivity index (χ0v) is 24.8. The van der Waals surface area contributed by atoms with Crippen LogP contribution in [0.4, 0.5) is 4.79 Å². The van der Waals surface area contributed by atoms with Gasteiger partial charge in [0.25, 0.3) is 5.91 Å². The molecule has 1 saturated heterocycles. The van der Waals surface area contributed by atoms with Crippen molar-refractivity contribution in [1.82, 2.24) is 20.9 Å². The molecule has 1 fully saturated rings. The first kappa shape index (κ1) is 15.0. The largest absolute Gasteiger partial charge is 0.483 e. The lowest BCUT2D eigenvalue weighted by molar-refractivity contribution is -0.128. The number of aliphatic hydroxyl groups is 1. The molecule has 4 rings (SSSR count). The van der Waals surface area contributed by atoms with E-state index < -0.39 is 147 Å². The summed E-state index contributed by atoms with van der Waals surface area (Å²) in [6.45, 7) is -17.3. The third-order valence-corrected chi connectivity index (χ3v) is 6.61. The van der Waals surface area contributed by atoms with Crippen LogP contribution in [0.5, 0.6) is 5.75 Å². The number of hydrogen-bond donors (Lipinski definition) is 4. The summed E-state index contributed by atoms with van der Waals surface area (Å²) in [4.78, 5) is 41.6. The van der Waals surface area contributed by atoms with Gasteiger partial charge in [0.1, 0.15) is 11.8 Å². The number of carbonyl (C=O) groups is 3. The Hall–Kier alpha value is -4.37. The van der Waals surface area contributed by atoms with Gasteiger partial charge < -0.3 is 30.7 Å². The van der Waals surface area contributed by atoms with Crippen molar-refractivity contribution in [2.75, 3.05) is 19.6 Å². The fourth-order valence-electron chi connectivity index (χ4n) is 4.45. The number of para-hydroxylation sites is 1. The average molecular weight is 652 g/mol. The molecule has 0 aromatic heterocycles. The van der Waals surface area contributed by atoms with Crippen molar-refractivity contribution < 1.29 is 55.8 Å². The third kappa shape index (κ3) is 9.81. The van der Waals surface area contributed by atoms with Gasteiger partial charge in [-0.25, -0.2) is 4.79 Å². The van der Waals surface area contributed by atoms with Crippen molar-refractivity contribution in [2.24, 2.45) is 5.89 Å². The molecule has 4 amide bonds. The number of amides is 4. The van der Waals surface area contributed by atoms with Gasteiger partial charge in [0.15, 0.2) is 6.56 Å². The summed E-state index contributed by atoms with van der Waals surface area (Å²) in [6, 6.07) is -5.50. The molecule has 0 aliphatic carbocycles.